The van der Waals surface area contributed by atoms with E-state index in [1.807, 2.05) is 5.32 Å². The second-order valence-corrected chi connectivity index (χ2v) is 2.84. The monoisotopic (exact) mass is 198 g/mol. The topological polar surface area (TPSA) is 52.6 Å². The van der Waals surface area contributed by atoms with Crippen molar-refractivity contribution < 1.29 is 23.1 Å². The molecule has 0 aliphatic carbocycles. The highest BCUT2D eigenvalue weighted by atomic mass is 19.4. The van der Waals surface area contributed by atoms with E-state index in [-0.39, 0.29) is 0 Å². The van der Waals surface area contributed by atoms with Gasteiger partial charge in [0.2, 0.25) is 0 Å². The summed E-state index contributed by atoms with van der Waals surface area (Å²) in [6, 6.07) is -4.02. The molecule has 0 spiro atoms. The second kappa shape index (κ2) is 3.06. The minimum Gasteiger partial charge on any atom is -0.394 e. The van der Waals surface area contributed by atoms with E-state index in [2.05, 4.69) is 0 Å². The average Bonchev–Trinajstić information content (AvgIpc) is 2.26. The van der Waals surface area contributed by atoms with Crippen molar-refractivity contribution in [3.63, 3.8) is 0 Å². The summed E-state index contributed by atoms with van der Waals surface area (Å²) >= 11 is 0. The van der Waals surface area contributed by atoms with Crippen molar-refractivity contribution in [2.45, 2.75) is 18.3 Å². The van der Waals surface area contributed by atoms with Gasteiger partial charge in [0.05, 0.1) is 12.6 Å². The first kappa shape index (κ1) is 10.1. The van der Waals surface area contributed by atoms with Crippen LogP contribution in [0.3, 0.4) is 0 Å². The number of hydrogen-bond acceptors (Lipinski definition) is 2. The number of carbonyl (C=O) groups excluding carboxylic acids is 1. The molecule has 0 radical (unpaired) electrons. The predicted molar refractivity (Wildman–Crippen MR) is 37.0 cm³/mol. The Hall–Kier alpha value is -0.980. The van der Waals surface area contributed by atoms with Crippen LogP contribution in [0.15, 0.2) is 0 Å². The number of nitrogens with one attached hydrogen (secondary N) is 1. The first-order chi connectivity index (χ1) is 5.88. The fourth-order valence-electron chi connectivity index (χ4n) is 1.33. The lowest BCUT2D eigenvalue weighted by atomic mass is 10.1. The molecule has 4 nitrogen and oxygen atoms in total. The average molecular weight is 198 g/mol. The summed E-state index contributed by atoms with van der Waals surface area (Å²) in [6.45, 7) is -0.722. The zero-order chi connectivity index (χ0) is 10.2. The highest BCUT2D eigenvalue weighted by Gasteiger charge is 2.53. The number of rotatable bonds is 1. The van der Waals surface area contributed by atoms with Crippen LogP contribution in [0.25, 0.3) is 0 Å². The van der Waals surface area contributed by atoms with Gasteiger partial charge in [0.15, 0.2) is 6.04 Å². The van der Waals surface area contributed by atoms with E-state index in [0.717, 1.165) is 7.05 Å². The molecule has 1 rings (SSSR count). The summed E-state index contributed by atoms with van der Waals surface area (Å²) in [7, 11) is 1.04. The van der Waals surface area contributed by atoms with Crippen LogP contribution in [0.1, 0.15) is 0 Å². The summed E-state index contributed by atoms with van der Waals surface area (Å²) in [5.74, 6) is 0. The van der Waals surface area contributed by atoms with E-state index in [0.29, 0.717) is 4.90 Å². The number of halogens is 3. The summed E-state index contributed by atoms with van der Waals surface area (Å²) in [5.41, 5.74) is 0. The molecular weight excluding hydrogens is 189 g/mol. The number of aliphatic hydroxyl groups is 1. The third-order valence-corrected chi connectivity index (χ3v) is 1.96. The molecule has 2 N–H and O–H groups in total. The molecule has 0 aromatic carbocycles. The molecular formula is C6H9F3N2O2. The van der Waals surface area contributed by atoms with Crippen molar-refractivity contribution in [1.29, 1.82) is 0 Å². The van der Waals surface area contributed by atoms with Crippen LogP contribution in [-0.4, -0.2) is 48.0 Å². The van der Waals surface area contributed by atoms with Crippen LogP contribution < -0.4 is 5.32 Å². The first-order valence-electron chi connectivity index (χ1n) is 3.59. The fraction of sp³-hybridized carbons (Fsp3) is 0.833. The first-order valence-corrected chi connectivity index (χ1v) is 3.59. The minimum atomic E-state index is -4.51. The molecule has 76 valence electrons. The van der Waals surface area contributed by atoms with E-state index in [9.17, 15) is 18.0 Å². The van der Waals surface area contributed by atoms with Crippen molar-refractivity contribution in [2.24, 2.45) is 0 Å². The lowest BCUT2D eigenvalue weighted by Gasteiger charge is -2.24. The minimum absolute atomic E-state index is 0.543. The van der Waals surface area contributed by atoms with Crippen LogP contribution in [0.5, 0.6) is 0 Å². The van der Waals surface area contributed by atoms with Gasteiger partial charge in [-0.2, -0.15) is 13.2 Å². The maximum Gasteiger partial charge on any atom is 0.410 e. The number of alkyl halides is 3. The molecule has 1 heterocycles. The van der Waals surface area contributed by atoms with E-state index in [1.54, 1.807) is 0 Å². The van der Waals surface area contributed by atoms with E-state index in [4.69, 9.17) is 5.11 Å². The highest BCUT2D eigenvalue weighted by Crippen LogP contribution is 2.29. The van der Waals surface area contributed by atoms with Gasteiger partial charge >= 0.3 is 12.2 Å². The largest absolute Gasteiger partial charge is 0.410 e. The highest BCUT2D eigenvalue weighted by molar-refractivity contribution is 5.77. The van der Waals surface area contributed by atoms with Gasteiger partial charge in [0.25, 0.3) is 0 Å². The zero-order valence-corrected chi connectivity index (χ0v) is 6.80. The Kier molecular flexibility index (Phi) is 2.38. The SMILES string of the molecule is CN1C(=O)NC(CO)C1C(F)(F)F. The van der Waals surface area contributed by atoms with Crippen molar-refractivity contribution in [3.8, 4) is 0 Å². The summed E-state index contributed by atoms with van der Waals surface area (Å²) < 4.78 is 36.8. The molecule has 0 aromatic rings. The van der Waals surface area contributed by atoms with Gasteiger partial charge in [-0.25, -0.2) is 4.79 Å². The van der Waals surface area contributed by atoms with Gasteiger partial charge in [-0.15, -0.1) is 0 Å². The van der Waals surface area contributed by atoms with Crippen molar-refractivity contribution >= 4 is 6.03 Å². The Labute approximate surface area is 72.3 Å². The van der Waals surface area contributed by atoms with Gasteiger partial charge in [-0.3, -0.25) is 0 Å². The third-order valence-electron chi connectivity index (χ3n) is 1.96. The third kappa shape index (κ3) is 1.69. The molecule has 0 aromatic heterocycles. The normalized spacial score (nSPS) is 29.3. The van der Waals surface area contributed by atoms with Crippen molar-refractivity contribution in [2.75, 3.05) is 13.7 Å². The molecule has 2 atom stereocenters. The lowest BCUT2D eigenvalue weighted by Crippen LogP contribution is -2.48. The zero-order valence-electron chi connectivity index (χ0n) is 6.80. The lowest BCUT2D eigenvalue weighted by molar-refractivity contribution is -0.174. The molecule has 13 heavy (non-hydrogen) atoms. The summed E-state index contributed by atoms with van der Waals surface area (Å²) in [6.07, 6.45) is -4.51. The van der Waals surface area contributed by atoms with Crippen LogP contribution in [0, 0.1) is 0 Å². The molecule has 7 heteroatoms. The van der Waals surface area contributed by atoms with Gasteiger partial charge in [0.1, 0.15) is 0 Å². The number of hydrogen-bond donors (Lipinski definition) is 2. The Morgan fingerprint density at radius 3 is 2.46 bits per heavy atom. The molecule has 0 saturated carbocycles. The predicted octanol–water partition coefficient (Wildman–Crippen LogP) is -0.0668. The summed E-state index contributed by atoms with van der Waals surface area (Å²) in [4.78, 5) is 11.3. The molecule has 1 aliphatic rings. The van der Waals surface area contributed by atoms with Crippen LogP contribution in [0.4, 0.5) is 18.0 Å². The number of urea groups is 1. The van der Waals surface area contributed by atoms with E-state index < -0.39 is 30.9 Å². The Morgan fingerprint density at radius 1 is 1.62 bits per heavy atom. The van der Waals surface area contributed by atoms with Crippen molar-refractivity contribution in [3.05, 3.63) is 0 Å². The maximum atomic E-state index is 12.3. The Bertz CT molecular complexity index is 218. The number of aliphatic hydroxyl groups excluding tert-OH is 1. The van der Waals surface area contributed by atoms with Gasteiger partial charge < -0.3 is 15.3 Å². The fourth-order valence-corrected chi connectivity index (χ4v) is 1.33. The van der Waals surface area contributed by atoms with Gasteiger partial charge in [-0.1, -0.05) is 0 Å². The number of amides is 2. The molecule has 1 aliphatic heterocycles. The standard InChI is InChI=1S/C6H9F3N2O2/c1-11-4(6(7,8)9)3(2-12)10-5(11)13/h3-4,12H,2H2,1H3,(H,10,13). The van der Waals surface area contributed by atoms with Crippen LogP contribution in [-0.2, 0) is 0 Å². The van der Waals surface area contributed by atoms with Gasteiger partial charge in [0, 0.05) is 7.05 Å². The quantitative estimate of drug-likeness (QED) is 0.619. The molecule has 0 bridgehead atoms. The maximum absolute atomic E-state index is 12.3. The van der Waals surface area contributed by atoms with Crippen molar-refractivity contribution in [1.82, 2.24) is 10.2 Å². The van der Waals surface area contributed by atoms with Gasteiger partial charge in [-0.05, 0) is 0 Å². The number of carbonyl (C=O) groups is 1. The molecule has 2 unspecified atom stereocenters. The van der Waals surface area contributed by atoms with E-state index >= 15 is 0 Å². The molecule has 2 amide bonds. The molecule has 1 saturated heterocycles. The smallest absolute Gasteiger partial charge is 0.394 e. The second-order valence-electron chi connectivity index (χ2n) is 2.84. The number of nitrogens with zero attached hydrogens (tertiary/aromatic N) is 1. The van der Waals surface area contributed by atoms with E-state index in [1.165, 1.54) is 0 Å². The molecule has 1 fully saturated rings. The Morgan fingerprint density at radius 2 is 2.15 bits per heavy atom. The Balaban J connectivity index is 2.86. The summed E-state index contributed by atoms with van der Waals surface area (Å²) in [5, 5.41) is 10.6. The van der Waals surface area contributed by atoms with Crippen LogP contribution in [0.2, 0.25) is 0 Å². The number of likely N-dealkylation sites (N-methyl/N-ethyl adjacent to an activating group) is 1. The van der Waals surface area contributed by atoms with Crippen LogP contribution >= 0.6 is 0 Å².